The fourth-order valence-electron chi connectivity index (χ4n) is 4.06. The van der Waals surface area contributed by atoms with Gasteiger partial charge in [0.1, 0.15) is 5.82 Å². The summed E-state index contributed by atoms with van der Waals surface area (Å²) in [4.78, 5) is 35.4. The van der Waals surface area contributed by atoms with E-state index in [0.29, 0.717) is 12.4 Å². The summed E-state index contributed by atoms with van der Waals surface area (Å²) in [6.45, 7) is 3.25. The number of hydrogen-bond acceptors (Lipinski definition) is 4. The lowest BCUT2D eigenvalue weighted by Gasteiger charge is -2.32. The molecule has 0 aromatic carbocycles. The molecule has 1 N–H and O–H groups in total. The highest BCUT2D eigenvalue weighted by atomic mass is 32.1. The van der Waals surface area contributed by atoms with E-state index in [2.05, 4.69) is 15.3 Å². The number of H-pyrrole nitrogens is 1. The molecule has 2 aliphatic rings. The molecule has 2 aromatic heterocycles. The predicted octanol–water partition coefficient (Wildman–Crippen LogP) is 3.04. The molecule has 1 amide bonds. The molecule has 0 saturated carbocycles. The summed E-state index contributed by atoms with van der Waals surface area (Å²) in [5.41, 5.74) is 2.90. The highest BCUT2D eigenvalue weighted by Crippen LogP contribution is 2.32. The summed E-state index contributed by atoms with van der Waals surface area (Å²) >= 11 is 1.74. The van der Waals surface area contributed by atoms with E-state index >= 15 is 0 Å². The third-order valence-corrected chi connectivity index (χ3v) is 6.39. The summed E-state index contributed by atoms with van der Waals surface area (Å²) < 4.78 is 0. The number of piperidine rings is 1. The number of likely N-dealkylation sites (tertiary alicyclic amines) is 1. The second-order valence-electron chi connectivity index (χ2n) is 7.10. The molecule has 0 radical (unpaired) electrons. The standard InChI is InChI=1S/C19H23N3O2S/c1-12-20-16(9-18(23)21-12)13-5-4-8-22(10-13)19(24)15-11-25-17-7-3-2-6-14(15)17/h9,11,13H,2-8,10H2,1H3,(H,20,21,23). The second kappa shape index (κ2) is 6.75. The Balaban J connectivity index is 1.56. The number of rotatable bonds is 2. The average molecular weight is 357 g/mol. The van der Waals surface area contributed by atoms with Gasteiger partial charge in [-0.1, -0.05) is 0 Å². The van der Waals surface area contributed by atoms with Crippen LogP contribution >= 0.6 is 11.3 Å². The number of hydrogen-bond donors (Lipinski definition) is 1. The van der Waals surface area contributed by atoms with Gasteiger partial charge in [0.2, 0.25) is 0 Å². The van der Waals surface area contributed by atoms with Gasteiger partial charge in [-0.15, -0.1) is 11.3 Å². The van der Waals surface area contributed by atoms with Gasteiger partial charge in [-0.25, -0.2) is 4.98 Å². The maximum absolute atomic E-state index is 13.1. The second-order valence-corrected chi connectivity index (χ2v) is 8.07. The van der Waals surface area contributed by atoms with Crippen molar-refractivity contribution >= 4 is 17.2 Å². The number of carbonyl (C=O) groups is 1. The lowest BCUT2D eigenvalue weighted by Crippen LogP contribution is -2.39. The number of carbonyl (C=O) groups excluding carboxylic acids is 1. The predicted molar refractivity (Wildman–Crippen MR) is 98.4 cm³/mol. The van der Waals surface area contributed by atoms with Gasteiger partial charge in [0.05, 0.1) is 11.3 Å². The van der Waals surface area contributed by atoms with Gasteiger partial charge in [0.25, 0.3) is 11.5 Å². The first-order chi connectivity index (χ1) is 12.1. The summed E-state index contributed by atoms with van der Waals surface area (Å²) in [5, 5.41) is 2.05. The number of aromatic amines is 1. The Morgan fingerprint density at radius 1 is 1.32 bits per heavy atom. The van der Waals surface area contributed by atoms with E-state index in [-0.39, 0.29) is 17.4 Å². The van der Waals surface area contributed by atoms with Gasteiger partial charge in [-0.05, 0) is 51.0 Å². The Morgan fingerprint density at radius 3 is 3.00 bits per heavy atom. The third-order valence-electron chi connectivity index (χ3n) is 5.30. The molecule has 1 saturated heterocycles. The van der Waals surface area contributed by atoms with Gasteiger partial charge in [0.15, 0.2) is 0 Å². The van der Waals surface area contributed by atoms with Crippen LogP contribution in [0.4, 0.5) is 0 Å². The van der Waals surface area contributed by atoms with Crippen LogP contribution in [0.25, 0.3) is 0 Å². The minimum atomic E-state index is -0.113. The minimum absolute atomic E-state index is 0.113. The van der Waals surface area contributed by atoms with E-state index < -0.39 is 0 Å². The van der Waals surface area contributed by atoms with Crippen LogP contribution in [0.1, 0.15) is 63.9 Å². The molecular weight excluding hydrogens is 334 g/mol. The molecule has 3 heterocycles. The Morgan fingerprint density at radius 2 is 2.16 bits per heavy atom. The fourth-order valence-corrected chi connectivity index (χ4v) is 5.18. The molecule has 1 unspecified atom stereocenters. The number of fused-ring (bicyclic) bond motifs is 1. The summed E-state index contributed by atoms with van der Waals surface area (Å²) in [7, 11) is 0. The number of amides is 1. The van der Waals surface area contributed by atoms with Crippen LogP contribution < -0.4 is 5.56 Å². The monoisotopic (exact) mass is 357 g/mol. The van der Waals surface area contributed by atoms with Crippen LogP contribution in [-0.4, -0.2) is 33.9 Å². The maximum Gasteiger partial charge on any atom is 0.255 e. The zero-order chi connectivity index (χ0) is 17.4. The van der Waals surface area contributed by atoms with Gasteiger partial charge in [-0.3, -0.25) is 9.59 Å². The van der Waals surface area contributed by atoms with E-state index in [1.807, 2.05) is 4.90 Å². The molecule has 0 spiro atoms. The molecule has 132 valence electrons. The first-order valence-corrected chi connectivity index (χ1v) is 9.96. The van der Waals surface area contributed by atoms with Crippen molar-refractivity contribution in [2.45, 2.75) is 51.4 Å². The summed E-state index contributed by atoms with van der Waals surface area (Å²) in [5.74, 6) is 0.941. The average Bonchev–Trinajstić information content (AvgIpc) is 3.04. The highest BCUT2D eigenvalue weighted by molar-refractivity contribution is 7.10. The van der Waals surface area contributed by atoms with E-state index in [1.165, 1.54) is 23.3 Å². The SMILES string of the molecule is Cc1nc(C2CCCN(C(=O)c3csc4c3CCCC4)C2)cc(=O)[nH]1. The lowest BCUT2D eigenvalue weighted by atomic mass is 9.92. The largest absolute Gasteiger partial charge is 0.338 e. The fraction of sp³-hybridized carbons (Fsp3) is 0.526. The van der Waals surface area contributed by atoms with Crippen LogP contribution in [0, 0.1) is 6.92 Å². The number of nitrogens with zero attached hydrogens (tertiary/aromatic N) is 2. The summed E-state index contributed by atoms with van der Waals surface area (Å²) in [6.07, 6.45) is 6.50. The summed E-state index contributed by atoms with van der Waals surface area (Å²) in [6, 6.07) is 1.58. The van der Waals surface area contributed by atoms with E-state index in [1.54, 1.807) is 24.3 Å². The van der Waals surface area contributed by atoms with E-state index in [9.17, 15) is 9.59 Å². The van der Waals surface area contributed by atoms with Crippen LogP contribution in [0.2, 0.25) is 0 Å². The number of aryl methyl sites for hydroxylation is 2. The van der Waals surface area contributed by atoms with Gasteiger partial charge in [-0.2, -0.15) is 0 Å². The van der Waals surface area contributed by atoms with Crippen molar-refractivity contribution in [1.29, 1.82) is 0 Å². The smallest absolute Gasteiger partial charge is 0.255 e. The van der Waals surface area contributed by atoms with E-state index in [4.69, 9.17) is 0 Å². The molecule has 0 bridgehead atoms. The van der Waals surface area contributed by atoms with Crippen molar-refractivity contribution in [1.82, 2.24) is 14.9 Å². The zero-order valence-electron chi connectivity index (χ0n) is 14.5. The first-order valence-electron chi connectivity index (χ1n) is 9.08. The van der Waals surface area contributed by atoms with Crippen molar-refractivity contribution in [2.24, 2.45) is 0 Å². The topological polar surface area (TPSA) is 66.1 Å². The Kier molecular flexibility index (Phi) is 4.46. The zero-order valence-corrected chi connectivity index (χ0v) is 15.3. The van der Waals surface area contributed by atoms with Crippen molar-refractivity contribution in [2.75, 3.05) is 13.1 Å². The van der Waals surface area contributed by atoms with Crippen LogP contribution in [-0.2, 0) is 12.8 Å². The van der Waals surface area contributed by atoms with Crippen molar-refractivity contribution in [3.63, 3.8) is 0 Å². The van der Waals surface area contributed by atoms with Crippen molar-refractivity contribution in [3.8, 4) is 0 Å². The number of aromatic nitrogens is 2. The Hall–Kier alpha value is -1.95. The lowest BCUT2D eigenvalue weighted by molar-refractivity contribution is 0.0705. The molecule has 6 heteroatoms. The molecule has 1 fully saturated rings. The molecule has 1 aliphatic heterocycles. The van der Waals surface area contributed by atoms with Gasteiger partial charge in [0, 0.05) is 35.3 Å². The van der Waals surface area contributed by atoms with Crippen LogP contribution in [0.3, 0.4) is 0 Å². The number of nitrogens with one attached hydrogen (secondary N) is 1. The Bertz CT molecular complexity index is 855. The molecule has 4 rings (SSSR count). The molecule has 25 heavy (non-hydrogen) atoms. The number of thiophene rings is 1. The van der Waals surface area contributed by atoms with Gasteiger partial charge >= 0.3 is 0 Å². The van der Waals surface area contributed by atoms with Crippen LogP contribution in [0.15, 0.2) is 16.2 Å². The highest BCUT2D eigenvalue weighted by Gasteiger charge is 2.29. The third kappa shape index (κ3) is 3.27. The maximum atomic E-state index is 13.1. The quantitative estimate of drug-likeness (QED) is 0.898. The van der Waals surface area contributed by atoms with E-state index in [0.717, 1.165) is 43.5 Å². The molecule has 2 aromatic rings. The van der Waals surface area contributed by atoms with Crippen molar-refractivity contribution in [3.05, 3.63) is 49.3 Å². The molecule has 5 nitrogen and oxygen atoms in total. The first kappa shape index (κ1) is 16.5. The molecular formula is C19H23N3O2S. The Labute approximate surface area is 151 Å². The molecule has 1 atom stereocenters. The van der Waals surface area contributed by atoms with Gasteiger partial charge < -0.3 is 9.88 Å². The normalized spacial score (nSPS) is 20.4. The minimum Gasteiger partial charge on any atom is -0.338 e. The molecule has 1 aliphatic carbocycles. The van der Waals surface area contributed by atoms with Crippen molar-refractivity contribution < 1.29 is 4.79 Å². The van der Waals surface area contributed by atoms with Crippen LogP contribution in [0.5, 0.6) is 0 Å².